The number of guanidine groups is 1. The molecule has 1 aliphatic rings. The molecule has 0 aliphatic carbocycles. The van der Waals surface area contributed by atoms with Gasteiger partial charge in [-0.05, 0) is 32.1 Å². The van der Waals surface area contributed by atoms with Gasteiger partial charge in [-0.25, -0.2) is 4.99 Å². The molecule has 1 aliphatic heterocycles. The molecule has 2 N–H and O–H groups in total. The zero-order chi connectivity index (χ0) is 16.2. The van der Waals surface area contributed by atoms with Gasteiger partial charge >= 0.3 is 0 Å². The molecular weight excluding hydrogens is 407 g/mol. The van der Waals surface area contributed by atoms with Gasteiger partial charge in [-0.3, -0.25) is 4.79 Å². The van der Waals surface area contributed by atoms with Crippen LogP contribution in [0.15, 0.2) is 4.99 Å². The van der Waals surface area contributed by atoms with Crippen LogP contribution < -0.4 is 10.6 Å². The van der Waals surface area contributed by atoms with E-state index in [4.69, 9.17) is 4.74 Å². The molecule has 0 bridgehead atoms. The Labute approximate surface area is 157 Å². The molecule has 6 nitrogen and oxygen atoms in total. The maximum absolute atomic E-state index is 12.0. The second kappa shape index (κ2) is 13.8. The lowest BCUT2D eigenvalue weighted by Gasteiger charge is -2.15. The summed E-state index contributed by atoms with van der Waals surface area (Å²) in [5, 5.41) is 6.41. The first-order valence-corrected chi connectivity index (χ1v) is 8.51. The fraction of sp³-hybridized carbons (Fsp3) is 0.875. The van der Waals surface area contributed by atoms with Crippen LogP contribution >= 0.6 is 24.0 Å². The van der Waals surface area contributed by atoms with E-state index in [2.05, 4.69) is 29.5 Å². The molecule has 1 amide bonds. The topological polar surface area (TPSA) is 66.0 Å². The first kappa shape index (κ1) is 22.4. The molecule has 1 saturated heterocycles. The second-order valence-corrected chi connectivity index (χ2v) is 6.03. The number of hydrogen-bond donors (Lipinski definition) is 2. The van der Waals surface area contributed by atoms with Crippen molar-refractivity contribution in [3.63, 3.8) is 0 Å². The summed E-state index contributed by atoms with van der Waals surface area (Å²) in [5.41, 5.74) is 0. The highest BCUT2D eigenvalue weighted by Gasteiger charge is 2.17. The Kier molecular flexibility index (Phi) is 13.5. The van der Waals surface area contributed by atoms with Gasteiger partial charge in [0, 0.05) is 39.4 Å². The smallest absolute Gasteiger partial charge is 0.244 e. The lowest BCUT2D eigenvalue weighted by Crippen LogP contribution is -2.39. The molecule has 0 aromatic rings. The number of nitrogens with one attached hydrogen (secondary N) is 2. The van der Waals surface area contributed by atoms with Crippen molar-refractivity contribution in [1.29, 1.82) is 0 Å². The van der Waals surface area contributed by atoms with Crippen molar-refractivity contribution in [2.24, 2.45) is 10.9 Å². The van der Waals surface area contributed by atoms with Crippen LogP contribution in [0.5, 0.6) is 0 Å². The summed E-state index contributed by atoms with van der Waals surface area (Å²) in [7, 11) is 0. The number of amides is 1. The van der Waals surface area contributed by atoms with E-state index in [1.54, 1.807) is 0 Å². The maximum Gasteiger partial charge on any atom is 0.244 e. The molecular formula is C16H33IN4O2. The van der Waals surface area contributed by atoms with Gasteiger partial charge < -0.3 is 20.3 Å². The first-order valence-electron chi connectivity index (χ1n) is 8.51. The third-order valence-electron chi connectivity index (χ3n) is 3.38. The summed E-state index contributed by atoms with van der Waals surface area (Å²) >= 11 is 0. The Bertz CT molecular complexity index is 345. The number of carbonyl (C=O) groups excluding carboxylic acids is 1. The number of halogens is 1. The molecule has 23 heavy (non-hydrogen) atoms. The fourth-order valence-electron chi connectivity index (χ4n) is 2.26. The molecule has 0 radical (unpaired) electrons. The Morgan fingerprint density at radius 3 is 2.57 bits per heavy atom. The standard InChI is InChI=1S/C16H32N4O2.HI/c1-4-17-16(18-8-7-11-22-13-14(2)3)19-12-15(21)20-9-5-6-10-20;/h14H,4-13H2,1-3H3,(H2,17,18,19);1H. The number of likely N-dealkylation sites (tertiary alicyclic amines) is 1. The number of aliphatic imine (C=N–C) groups is 1. The number of carbonyl (C=O) groups is 1. The summed E-state index contributed by atoms with van der Waals surface area (Å²) in [6.45, 7) is 11.4. The van der Waals surface area contributed by atoms with E-state index in [1.807, 2.05) is 11.8 Å². The van der Waals surface area contributed by atoms with E-state index in [-0.39, 0.29) is 36.4 Å². The number of hydrogen-bond acceptors (Lipinski definition) is 3. The van der Waals surface area contributed by atoms with Gasteiger partial charge in [0.25, 0.3) is 0 Å². The largest absolute Gasteiger partial charge is 0.381 e. The van der Waals surface area contributed by atoms with Crippen LogP contribution in [0, 0.1) is 5.92 Å². The minimum atomic E-state index is 0. The molecule has 0 spiro atoms. The molecule has 1 rings (SSSR count). The Hall–Kier alpha value is -0.570. The van der Waals surface area contributed by atoms with Crippen molar-refractivity contribution < 1.29 is 9.53 Å². The van der Waals surface area contributed by atoms with E-state index in [9.17, 15) is 4.79 Å². The Balaban J connectivity index is 0.00000484. The van der Waals surface area contributed by atoms with Crippen LogP contribution in [-0.2, 0) is 9.53 Å². The SMILES string of the molecule is CCNC(=NCC(=O)N1CCCC1)NCCCOCC(C)C.I. The maximum atomic E-state index is 12.0. The van der Waals surface area contributed by atoms with Gasteiger partial charge in [-0.1, -0.05) is 13.8 Å². The average molecular weight is 440 g/mol. The molecule has 1 heterocycles. The minimum Gasteiger partial charge on any atom is -0.381 e. The van der Waals surface area contributed by atoms with Gasteiger partial charge in [-0.15, -0.1) is 24.0 Å². The molecule has 0 aromatic heterocycles. The molecule has 0 aromatic carbocycles. The summed E-state index contributed by atoms with van der Waals surface area (Å²) < 4.78 is 5.54. The van der Waals surface area contributed by atoms with Crippen LogP contribution in [0.2, 0.25) is 0 Å². The molecule has 0 atom stereocenters. The van der Waals surface area contributed by atoms with Crippen LogP contribution in [0.25, 0.3) is 0 Å². The predicted molar refractivity (Wildman–Crippen MR) is 105 cm³/mol. The van der Waals surface area contributed by atoms with Crippen molar-refractivity contribution >= 4 is 35.8 Å². The lowest BCUT2D eigenvalue weighted by atomic mass is 10.2. The van der Waals surface area contributed by atoms with Gasteiger partial charge in [0.15, 0.2) is 5.96 Å². The first-order chi connectivity index (χ1) is 10.6. The second-order valence-electron chi connectivity index (χ2n) is 6.03. The van der Waals surface area contributed by atoms with Crippen molar-refractivity contribution in [2.75, 3.05) is 45.9 Å². The van der Waals surface area contributed by atoms with Gasteiger partial charge in [0.2, 0.25) is 5.91 Å². The quantitative estimate of drug-likeness (QED) is 0.249. The summed E-state index contributed by atoms with van der Waals surface area (Å²) in [6, 6.07) is 0. The number of nitrogens with zero attached hydrogens (tertiary/aromatic N) is 2. The third kappa shape index (κ3) is 10.8. The average Bonchev–Trinajstić information content (AvgIpc) is 3.01. The lowest BCUT2D eigenvalue weighted by molar-refractivity contribution is -0.128. The van der Waals surface area contributed by atoms with E-state index >= 15 is 0 Å². The molecule has 0 unspecified atom stereocenters. The van der Waals surface area contributed by atoms with Crippen LogP contribution in [0.4, 0.5) is 0 Å². The van der Waals surface area contributed by atoms with Crippen LogP contribution in [0.3, 0.4) is 0 Å². The highest BCUT2D eigenvalue weighted by molar-refractivity contribution is 14.0. The van der Waals surface area contributed by atoms with E-state index < -0.39 is 0 Å². The Morgan fingerprint density at radius 2 is 1.96 bits per heavy atom. The summed E-state index contributed by atoms with van der Waals surface area (Å²) in [4.78, 5) is 18.2. The summed E-state index contributed by atoms with van der Waals surface area (Å²) in [6.07, 6.45) is 3.16. The summed E-state index contributed by atoms with van der Waals surface area (Å²) in [5.74, 6) is 1.40. The third-order valence-corrected chi connectivity index (χ3v) is 3.38. The van der Waals surface area contributed by atoms with E-state index in [0.717, 1.165) is 58.7 Å². The zero-order valence-electron chi connectivity index (χ0n) is 14.8. The Morgan fingerprint density at radius 1 is 1.26 bits per heavy atom. The number of ether oxygens (including phenoxy) is 1. The monoisotopic (exact) mass is 440 g/mol. The minimum absolute atomic E-state index is 0. The molecule has 136 valence electrons. The van der Waals surface area contributed by atoms with Crippen LogP contribution in [-0.4, -0.2) is 62.7 Å². The fourth-order valence-corrected chi connectivity index (χ4v) is 2.26. The van der Waals surface area contributed by atoms with Crippen molar-refractivity contribution in [2.45, 2.75) is 40.0 Å². The molecule has 1 fully saturated rings. The van der Waals surface area contributed by atoms with E-state index in [1.165, 1.54) is 0 Å². The predicted octanol–water partition coefficient (Wildman–Crippen LogP) is 1.84. The highest BCUT2D eigenvalue weighted by Crippen LogP contribution is 2.07. The molecule has 7 heteroatoms. The van der Waals surface area contributed by atoms with E-state index in [0.29, 0.717) is 11.9 Å². The van der Waals surface area contributed by atoms with Crippen molar-refractivity contribution in [1.82, 2.24) is 15.5 Å². The zero-order valence-corrected chi connectivity index (χ0v) is 17.1. The highest BCUT2D eigenvalue weighted by atomic mass is 127. The number of rotatable bonds is 9. The van der Waals surface area contributed by atoms with Gasteiger partial charge in [0.1, 0.15) is 6.54 Å². The van der Waals surface area contributed by atoms with Gasteiger partial charge in [-0.2, -0.15) is 0 Å². The van der Waals surface area contributed by atoms with Crippen LogP contribution in [0.1, 0.15) is 40.0 Å². The normalized spacial score (nSPS) is 14.8. The van der Waals surface area contributed by atoms with Crippen molar-refractivity contribution in [3.8, 4) is 0 Å². The van der Waals surface area contributed by atoms with Gasteiger partial charge in [0.05, 0.1) is 0 Å². The van der Waals surface area contributed by atoms with Crippen molar-refractivity contribution in [3.05, 3.63) is 0 Å². The molecule has 0 saturated carbocycles.